The van der Waals surface area contributed by atoms with Crippen LogP contribution in [0.2, 0.25) is 0 Å². The topological polar surface area (TPSA) is 69.6 Å². The molecule has 1 aromatic carbocycles. The second kappa shape index (κ2) is 5.61. The lowest BCUT2D eigenvalue weighted by Crippen LogP contribution is -2.44. The summed E-state index contributed by atoms with van der Waals surface area (Å²) < 4.78 is 39.1. The summed E-state index contributed by atoms with van der Waals surface area (Å²) in [6.07, 6.45) is 0. The van der Waals surface area contributed by atoms with Crippen molar-refractivity contribution in [2.24, 2.45) is 0 Å². The Labute approximate surface area is 115 Å². The maximum atomic E-state index is 13.4. The summed E-state index contributed by atoms with van der Waals surface area (Å²) in [5.41, 5.74) is -0.546. The van der Waals surface area contributed by atoms with E-state index in [2.05, 4.69) is 0 Å². The van der Waals surface area contributed by atoms with E-state index in [1.54, 1.807) is 0 Å². The van der Waals surface area contributed by atoms with Gasteiger partial charge in [0.15, 0.2) is 11.6 Å². The van der Waals surface area contributed by atoms with E-state index in [0.717, 1.165) is 4.90 Å². The number of carbonyl (C=O) groups is 2. The summed E-state index contributed by atoms with van der Waals surface area (Å²) in [5.74, 6) is -4.68. The number of nitrogens with zero attached hydrogens (tertiary/aromatic N) is 1. The molecule has 108 valence electrons. The van der Waals surface area contributed by atoms with Gasteiger partial charge in [0.1, 0.15) is 11.9 Å². The molecule has 0 saturated carbocycles. The number of amides is 2. The Balaban J connectivity index is 2.16. The third-order valence-corrected chi connectivity index (χ3v) is 3.69. The molecule has 20 heavy (non-hydrogen) atoms. The Hall–Kier alpha value is -1.90. The Kier molecular flexibility index (Phi) is 4.07. The van der Waals surface area contributed by atoms with Crippen molar-refractivity contribution in [3.63, 3.8) is 0 Å². The van der Waals surface area contributed by atoms with E-state index < -0.39 is 41.2 Å². The second-order valence-electron chi connectivity index (χ2n) is 4.00. The van der Waals surface area contributed by atoms with Crippen molar-refractivity contribution < 1.29 is 27.9 Å². The zero-order valence-corrected chi connectivity index (χ0v) is 10.7. The first kappa shape index (κ1) is 14.5. The largest absolute Gasteiger partial charge is 0.480 e. The van der Waals surface area contributed by atoms with Crippen LogP contribution in [0, 0.1) is 17.5 Å². The zero-order valence-electron chi connectivity index (χ0n) is 9.90. The van der Waals surface area contributed by atoms with Crippen LogP contribution in [0.1, 0.15) is 0 Å². The SMILES string of the molecule is O=C(O)[C@@H]1CSCN1C(=O)Nc1cc(F)c(F)cc1F. The molecule has 2 amide bonds. The zero-order chi connectivity index (χ0) is 14.9. The number of anilines is 1. The molecule has 2 rings (SSSR count). The molecule has 1 aliphatic heterocycles. The van der Waals surface area contributed by atoms with Crippen molar-refractivity contribution in [2.75, 3.05) is 16.9 Å². The first-order valence-electron chi connectivity index (χ1n) is 5.43. The van der Waals surface area contributed by atoms with Crippen molar-refractivity contribution in [3.05, 3.63) is 29.6 Å². The third kappa shape index (κ3) is 2.82. The highest BCUT2D eigenvalue weighted by molar-refractivity contribution is 7.99. The Bertz CT molecular complexity index is 570. The Morgan fingerprint density at radius 1 is 1.25 bits per heavy atom. The summed E-state index contributed by atoms with van der Waals surface area (Å²) in [4.78, 5) is 23.7. The minimum absolute atomic E-state index is 0.119. The molecule has 0 aliphatic carbocycles. The fraction of sp³-hybridized carbons (Fsp3) is 0.273. The van der Waals surface area contributed by atoms with Gasteiger partial charge in [-0.1, -0.05) is 0 Å². The average molecular weight is 306 g/mol. The van der Waals surface area contributed by atoms with Gasteiger partial charge in [0.2, 0.25) is 0 Å². The fourth-order valence-corrected chi connectivity index (χ4v) is 2.80. The van der Waals surface area contributed by atoms with Crippen LogP contribution in [0.15, 0.2) is 12.1 Å². The average Bonchev–Trinajstić information content (AvgIpc) is 2.85. The van der Waals surface area contributed by atoms with Gasteiger partial charge in [-0.25, -0.2) is 22.8 Å². The number of hydrogen-bond donors (Lipinski definition) is 2. The summed E-state index contributed by atoms with van der Waals surface area (Å²) in [6.45, 7) is 0. The molecule has 1 atom stereocenters. The van der Waals surface area contributed by atoms with Crippen LogP contribution in [0.3, 0.4) is 0 Å². The maximum Gasteiger partial charge on any atom is 0.327 e. The number of carboxylic acid groups (broad SMARTS) is 1. The summed E-state index contributed by atoms with van der Waals surface area (Å²) in [7, 11) is 0. The van der Waals surface area contributed by atoms with Gasteiger partial charge in [0.25, 0.3) is 0 Å². The monoisotopic (exact) mass is 306 g/mol. The smallest absolute Gasteiger partial charge is 0.327 e. The lowest BCUT2D eigenvalue weighted by Gasteiger charge is -2.21. The van der Waals surface area contributed by atoms with E-state index in [4.69, 9.17) is 5.11 Å². The van der Waals surface area contributed by atoms with Gasteiger partial charge in [0, 0.05) is 17.9 Å². The normalized spacial score (nSPS) is 18.1. The molecular formula is C11H9F3N2O3S. The number of thioether (sulfide) groups is 1. The maximum absolute atomic E-state index is 13.4. The van der Waals surface area contributed by atoms with Gasteiger partial charge < -0.3 is 15.3 Å². The van der Waals surface area contributed by atoms with Crippen LogP contribution < -0.4 is 5.32 Å². The highest BCUT2D eigenvalue weighted by Crippen LogP contribution is 2.24. The first-order chi connectivity index (χ1) is 9.40. The Morgan fingerprint density at radius 3 is 2.55 bits per heavy atom. The third-order valence-electron chi connectivity index (χ3n) is 2.68. The number of carboxylic acids is 1. The van der Waals surface area contributed by atoms with Gasteiger partial charge >= 0.3 is 12.0 Å². The predicted octanol–water partition coefficient (Wildman–Crippen LogP) is 2.10. The van der Waals surface area contributed by atoms with Crippen LogP contribution in [0.4, 0.5) is 23.7 Å². The van der Waals surface area contributed by atoms with E-state index in [1.807, 2.05) is 5.32 Å². The van der Waals surface area contributed by atoms with E-state index in [0.29, 0.717) is 12.1 Å². The standard InChI is InChI=1S/C11H9F3N2O3S/c12-5-1-7(14)8(2-6(5)13)15-11(19)16-4-20-3-9(16)10(17)18/h1-2,9H,3-4H2,(H,15,19)(H,17,18)/t9-/m0/s1. The van der Waals surface area contributed by atoms with E-state index in [1.165, 1.54) is 11.8 Å². The number of rotatable bonds is 2. The van der Waals surface area contributed by atoms with Crippen molar-refractivity contribution in [2.45, 2.75) is 6.04 Å². The van der Waals surface area contributed by atoms with Crippen LogP contribution in [-0.4, -0.2) is 39.7 Å². The van der Waals surface area contributed by atoms with E-state index >= 15 is 0 Å². The molecule has 1 saturated heterocycles. The van der Waals surface area contributed by atoms with Crippen molar-refractivity contribution >= 4 is 29.4 Å². The fourth-order valence-electron chi connectivity index (χ4n) is 1.65. The number of urea groups is 1. The van der Waals surface area contributed by atoms with Crippen molar-refractivity contribution in [1.29, 1.82) is 0 Å². The van der Waals surface area contributed by atoms with Crippen molar-refractivity contribution in [3.8, 4) is 0 Å². The summed E-state index contributed by atoms with van der Waals surface area (Å²) in [6, 6.07) is -1.11. The Morgan fingerprint density at radius 2 is 1.90 bits per heavy atom. The molecule has 1 heterocycles. The molecule has 1 aromatic rings. The number of hydrogen-bond acceptors (Lipinski definition) is 3. The van der Waals surface area contributed by atoms with E-state index in [-0.39, 0.29) is 11.6 Å². The molecule has 1 fully saturated rings. The lowest BCUT2D eigenvalue weighted by atomic mass is 10.2. The molecule has 9 heteroatoms. The molecule has 1 aliphatic rings. The van der Waals surface area contributed by atoms with E-state index in [9.17, 15) is 22.8 Å². The van der Waals surface area contributed by atoms with Gasteiger partial charge in [-0.15, -0.1) is 11.8 Å². The number of nitrogens with one attached hydrogen (secondary N) is 1. The summed E-state index contributed by atoms with van der Waals surface area (Å²) >= 11 is 1.22. The number of halogens is 3. The van der Waals surface area contributed by atoms with Crippen LogP contribution in [0.5, 0.6) is 0 Å². The molecular weight excluding hydrogens is 297 g/mol. The number of benzene rings is 1. The molecule has 2 N–H and O–H groups in total. The quantitative estimate of drug-likeness (QED) is 0.821. The molecule has 5 nitrogen and oxygen atoms in total. The number of aliphatic carboxylic acids is 1. The minimum Gasteiger partial charge on any atom is -0.480 e. The van der Waals surface area contributed by atoms with Gasteiger partial charge in [0.05, 0.1) is 11.6 Å². The number of carbonyl (C=O) groups excluding carboxylic acids is 1. The summed E-state index contributed by atoms with van der Waals surface area (Å²) in [5, 5.41) is 10.9. The minimum atomic E-state index is -1.37. The van der Waals surface area contributed by atoms with Crippen LogP contribution in [0.25, 0.3) is 0 Å². The van der Waals surface area contributed by atoms with Gasteiger partial charge in [-0.2, -0.15) is 0 Å². The highest BCUT2D eigenvalue weighted by atomic mass is 32.2. The van der Waals surface area contributed by atoms with Crippen molar-refractivity contribution in [1.82, 2.24) is 4.90 Å². The molecule has 0 bridgehead atoms. The first-order valence-corrected chi connectivity index (χ1v) is 6.58. The van der Waals surface area contributed by atoms with Gasteiger partial charge in [-0.3, -0.25) is 0 Å². The molecule has 0 radical (unpaired) electrons. The van der Waals surface area contributed by atoms with Crippen LogP contribution >= 0.6 is 11.8 Å². The van der Waals surface area contributed by atoms with Gasteiger partial charge in [-0.05, 0) is 0 Å². The van der Waals surface area contributed by atoms with Crippen LogP contribution in [-0.2, 0) is 4.79 Å². The molecule has 0 aromatic heterocycles. The second-order valence-corrected chi connectivity index (χ2v) is 5.00. The lowest BCUT2D eigenvalue weighted by molar-refractivity contribution is -0.140. The highest BCUT2D eigenvalue weighted by Gasteiger charge is 2.34. The predicted molar refractivity (Wildman–Crippen MR) is 65.9 cm³/mol. The molecule has 0 spiro atoms. The molecule has 0 unspecified atom stereocenters.